The summed E-state index contributed by atoms with van der Waals surface area (Å²) in [5, 5.41) is 0. The predicted molar refractivity (Wildman–Crippen MR) is 167 cm³/mol. The Morgan fingerprint density at radius 1 is 1.04 bits per heavy atom. The maximum atomic E-state index is 13.8. The molecule has 2 heterocycles. The summed E-state index contributed by atoms with van der Waals surface area (Å²) >= 11 is 0. The van der Waals surface area contributed by atoms with E-state index >= 15 is 0 Å². The van der Waals surface area contributed by atoms with E-state index in [1.54, 1.807) is 18.2 Å². The average Bonchev–Trinajstić information content (AvgIpc) is 3.69. The molecule has 1 fully saturated rings. The highest BCUT2D eigenvalue weighted by atomic mass is 19.4. The minimum absolute atomic E-state index is 0.249. The number of carbonyl (C=O) groups excluding carboxylic acids is 1. The predicted octanol–water partition coefficient (Wildman–Crippen LogP) is 8.01. The fraction of sp³-hybridized carbons (Fsp3) is 0.333. The molecule has 0 amide bonds. The Hall–Kier alpha value is -4.57. The van der Waals surface area contributed by atoms with Gasteiger partial charge in [-0.05, 0) is 75.4 Å². The van der Waals surface area contributed by atoms with E-state index in [2.05, 4.69) is 10.5 Å². The number of aromatic nitrogens is 2. The Morgan fingerprint density at radius 3 is 2.46 bits per heavy atom. The summed E-state index contributed by atoms with van der Waals surface area (Å²) in [6.45, 7) is 5.79. The molecule has 4 aromatic rings. The first-order chi connectivity index (χ1) is 21.9. The standard InChI is InChI=1S/C36H36F3N3O4/c1-34(2,3)45-32(43)27-15-10-18-35(31(27)25-13-8-5-9-14-25)22-29(41-46-35)28-21-26(42-20-19-40-33(42)36(37,38)39)16-17-30(28)44-23-24-11-6-4-7-12-24/h4-9,11-14,16-17,19-22,27,31,41H,10,15,18,23H2,1-3H3/t27?,31-,35+/m1/s1. The molecule has 6 rings (SSSR count). The van der Waals surface area contributed by atoms with E-state index in [1.807, 2.05) is 87.5 Å². The van der Waals surface area contributed by atoms with E-state index in [1.165, 1.54) is 6.20 Å². The molecule has 10 heteroatoms. The lowest BCUT2D eigenvalue weighted by molar-refractivity contribution is -0.168. The Labute approximate surface area is 266 Å². The van der Waals surface area contributed by atoms with E-state index in [4.69, 9.17) is 14.3 Å². The smallest absolute Gasteiger partial charge is 0.450 e. The van der Waals surface area contributed by atoms with Crippen molar-refractivity contribution in [2.75, 3.05) is 0 Å². The van der Waals surface area contributed by atoms with Gasteiger partial charge in [0.15, 0.2) is 0 Å². The Balaban J connectivity index is 1.44. The van der Waals surface area contributed by atoms with E-state index in [9.17, 15) is 18.0 Å². The van der Waals surface area contributed by atoms with E-state index < -0.39 is 29.1 Å². The number of halogens is 3. The number of nitrogens with zero attached hydrogens (tertiary/aromatic N) is 2. The minimum atomic E-state index is -4.65. The van der Waals surface area contributed by atoms with Gasteiger partial charge >= 0.3 is 12.1 Å². The second-order valence-electron chi connectivity index (χ2n) is 12.7. The highest BCUT2D eigenvalue weighted by molar-refractivity contribution is 5.77. The van der Waals surface area contributed by atoms with E-state index in [0.29, 0.717) is 36.3 Å². The van der Waals surface area contributed by atoms with Crippen molar-refractivity contribution in [1.29, 1.82) is 0 Å². The number of alkyl halides is 3. The third-order valence-corrected chi connectivity index (χ3v) is 8.28. The van der Waals surface area contributed by atoms with Crippen molar-refractivity contribution in [2.45, 2.75) is 69.9 Å². The lowest BCUT2D eigenvalue weighted by Crippen LogP contribution is -2.47. The summed E-state index contributed by atoms with van der Waals surface area (Å²) in [7, 11) is 0. The van der Waals surface area contributed by atoms with Gasteiger partial charge < -0.3 is 9.47 Å². The van der Waals surface area contributed by atoms with Crippen LogP contribution < -0.4 is 10.2 Å². The second-order valence-corrected chi connectivity index (χ2v) is 12.7. The fourth-order valence-electron chi connectivity index (χ4n) is 6.39. The number of nitrogens with one attached hydrogen (secondary N) is 1. The van der Waals surface area contributed by atoms with E-state index in [-0.39, 0.29) is 24.2 Å². The van der Waals surface area contributed by atoms with E-state index in [0.717, 1.165) is 21.9 Å². The van der Waals surface area contributed by atoms with Crippen molar-refractivity contribution in [3.8, 4) is 11.4 Å². The summed E-state index contributed by atoms with van der Waals surface area (Å²) in [5.41, 5.74) is 4.65. The van der Waals surface area contributed by atoms with Crippen LogP contribution in [0.5, 0.6) is 5.75 Å². The monoisotopic (exact) mass is 631 g/mol. The number of hydrogen-bond donors (Lipinski definition) is 1. The molecule has 1 unspecified atom stereocenters. The first kappa shape index (κ1) is 31.4. The Kier molecular flexibility index (Phi) is 8.41. The average molecular weight is 632 g/mol. The van der Waals surface area contributed by atoms with Gasteiger partial charge in [0, 0.05) is 29.6 Å². The third kappa shape index (κ3) is 6.53. The summed E-state index contributed by atoms with van der Waals surface area (Å²) < 4.78 is 54.6. The molecule has 0 saturated heterocycles. The lowest BCUT2D eigenvalue weighted by Gasteiger charge is -2.43. The molecule has 3 atom stereocenters. The number of benzene rings is 3. The molecule has 46 heavy (non-hydrogen) atoms. The van der Waals surface area contributed by atoms with Crippen molar-refractivity contribution in [3.05, 3.63) is 120 Å². The number of rotatable bonds is 7. The molecule has 1 spiro atoms. The van der Waals surface area contributed by atoms with Crippen LogP contribution in [-0.4, -0.2) is 26.7 Å². The van der Waals surface area contributed by atoms with Crippen LogP contribution in [0.4, 0.5) is 13.2 Å². The van der Waals surface area contributed by atoms with Gasteiger partial charge in [0.05, 0.1) is 11.6 Å². The van der Waals surface area contributed by atoms with Crippen molar-refractivity contribution in [2.24, 2.45) is 5.92 Å². The number of imidazole rings is 1. The molecule has 0 radical (unpaired) electrons. The molecule has 7 nitrogen and oxygen atoms in total. The van der Waals surface area contributed by atoms with Gasteiger partial charge in [0.1, 0.15) is 23.6 Å². The van der Waals surface area contributed by atoms with Gasteiger partial charge in [-0.1, -0.05) is 60.7 Å². The fourth-order valence-corrected chi connectivity index (χ4v) is 6.39. The number of ether oxygens (including phenoxy) is 2. The van der Waals surface area contributed by atoms with Gasteiger partial charge in [-0.3, -0.25) is 19.7 Å². The third-order valence-electron chi connectivity index (χ3n) is 8.28. The van der Waals surface area contributed by atoms with Crippen LogP contribution in [0, 0.1) is 5.92 Å². The zero-order valence-corrected chi connectivity index (χ0v) is 25.9. The second kappa shape index (κ2) is 12.3. The van der Waals surface area contributed by atoms with Crippen LogP contribution in [0.15, 0.2) is 97.3 Å². The van der Waals surface area contributed by atoms with Crippen LogP contribution in [0.3, 0.4) is 0 Å². The molecular weight excluding hydrogens is 595 g/mol. The molecule has 240 valence electrons. The van der Waals surface area contributed by atoms with Crippen molar-refractivity contribution >= 4 is 11.7 Å². The molecular formula is C36H36F3N3O4. The summed E-state index contributed by atoms with van der Waals surface area (Å²) in [6.07, 6.45) is 1.66. The van der Waals surface area contributed by atoms with Gasteiger partial charge in [-0.2, -0.15) is 13.2 Å². The van der Waals surface area contributed by atoms with Crippen molar-refractivity contribution in [1.82, 2.24) is 15.0 Å². The van der Waals surface area contributed by atoms with Gasteiger partial charge in [0.25, 0.3) is 0 Å². The normalized spacial score (nSPS) is 21.5. The highest BCUT2D eigenvalue weighted by Crippen LogP contribution is 2.51. The van der Waals surface area contributed by atoms with Crippen LogP contribution >= 0.6 is 0 Å². The lowest BCUT2D eigenvalue weighted by atomic mass is 9.65. The molecule has 1 aromatic heterocycles. The highest BCUT2D eigenvalue weighted by Gasteiger charge is 2.52. The molecule has 1 aliphatic carbocycles. The summed E-state index contributed by atoms with van der Waals surface area (Å²) in [6, 6.07) is 24.2. The van der Waals surface area contributed by atoms with Crippen molar-refractivity contribution in [3.63, 3.8) is 0 Å². The van der Waals surface area contributed by atoms with Crippen LogP contribution in [-0.2, 0) is 27.2 Å². The van der Waals surface area contributed by atoms with Crippen LogP contribution in [0.2, 0.25) is 0 Å². The first-order valence-corrected chi connectivity index (χ1v) is 15.3. The first-order valence-electron chi connectivity index (χ1n) is 15.3. The number of hydroxylamine groups is 1. The van der Waals surface area contributed by atoms with Crippen LogP contribution in [0.1, 0.15) is 68.5 Å². The van der Waals surface area contributed by atoms with Gasteiger partial charge in [-0.25, -0.2) is 4.98 Å². The number of carbonyl (C=O) groups is 1. The molecule has 1 saturated carbocycles. The number of esters is 1. The maximum absolute atomic E-state index is 13.8. The largest absolute Gasteiger partial charge is 0.488 e. The quantitative estimate of drug-likeness (QED) is 0.208. The molecule has 1 aliphatic heterocycles. The van der Waals surface area contributed by atoms with Gasteiger partial charge in [-0.15, -0.1) is 0 Å². The zero-order valence-electron chi connectivity index (χ0n) is 25.9. The molecule has 0 bridgehead atoms. The van der Waals surface area contributed by atoms with Gasteiger partial charge in [0.2, 0.25) is 5.82 Å². The summed E-state index contributed by atoms with van der Waals surface area (Å²) in [4.78, 5) is 23.6. The topological polar surface area (TPSA) is 74.6 Å². The molecule has 3 aromatic carbocycles. The Bertz CT molecular complexity index is 1710. The minimum Gasteiger partial charge on any atom is -0.488 e. The van der Waals surface area contributed by atoms with Crippen LogP contribution in [0.25, 0.3) is 11.4 Å². The molecule has 1 N–H and O–H groups in total. The number of hydrogen-bond acceptors (Lipinski definition) is 6. The maximum Gasteiger partial charge on any atom is 0.450 e. The van der Waals surface area contributed by atoms with Crippen molar-refractivity contribution < 1.29 is 32.3 Å². The zero-order chi connectivity index (χ0) is 32.5. The Morgan fingerprint density at radius 2 is 1.76 bits per heavy atom. The summed E-state index contributed by atoms with van der Waals surface area (Å²) in [5.74, 6) is -1.73. The molecule has 2 aliphatic rings. The SMILES string of the molecule is CC(C)(C)OC(=O)C1CCC[C@]2(C=C(c3cc(-n4ccnc4C(F)(F)F)ccc3OCc3ccccc3)NO2)[C@@H]1c1ccccc1.